The summed E-state index contributed by atoms with van der Waals surface area (Å²) in [6.45, 7) is 8.22. The molecule has 0 fully saturated rings. The van der Waals surface area contributed by atoms with Gasteiger partial charge in [-0.25, -0.2) is 0 Å². The van der Waals surface area contributed by atoms with Crippen LogP contribution in [0.25, 0.3) is 0 Å². The Morgan fingerprint density at radius 3 is 2.60 bits per heavy atom. The van der Waals surface area contributed by atoms with E-state index in [4.69, 9.17) is 5.73 Å². The molecule has 1 amide bonds. The largest absolute Gasteiger partial charge is 0.397 e. The molecule has 2 aromatic heterocycles. The molecule has 0 aliphatic rings. The Labute approximate surface area is 123 Å². The summed E-state index contributed by atoms with van der Waals surface area (Å²) in [4.78, 5) is 18.2. The third-order valence-electron chi connectivity index (χ3n) is 2.95. The van der Waals surface area contributed by atoms with Gasteiger partial charge in [-0.15, -0.1) is 11.3 Å². The first-order chi connectivity index (χ1) is 9.27. The van der Waals surface area contributed by atoms with Gasteiger partial charge in [-0.05, 0) is 30.5 Å². The zero-order chi connectivity index (χ0) is 14.9. The number of nitrogens with one attached hydrogen (secondary N) is 1. The van der Waals surface area contributed by atoms with Crippen LogP contribution >= 0.6 is 11.3 Å². The van der Waals surface area contributed by atoms with Gasteiger partial charge in [0, 0.05) is 4.88 Å². The number of anilines is 2. The van der Waals surface area contributed by atoms with Gasteiger partial charge >= 0.3 is 0 Å². The molecule has 0 spiro atoms. The van der Waals surface area contributed by atoms with Crippen LogP contribution in [0, 0.1) is 6.92 Å². The zero-order valence-corrected chi connectivity index (χ0v) is 13.0. The highest BCUT2D eigenvalue weighted by Gasteiger charge is 2.18. The monoisotopic (exact) mass is 289 g/mol. The molecule has 0 radical (unpaired) electrons. The number of hydrogen-bond donors (Lipinski definition) is 2. The van der Waals surface area contributed by atoms with E-state index >= 15 is 0 Å². The van der Waals surface area contributed by atoms with Gasteiger partial charge in [-0.2, -0.15) is 0 Å². The number of thiophene rings is 1. The Kier molecular flexibility index (Phi) is 3.81. The highest BCUT2D eigenvalue weighted by molar-refractivity contribution is 7.14. The molecule has 0 aromatic carbocycles. The molecule has 0 bridgehead atoms. The molecule has 0 unspecified atom stereocenters. The van der Waals surface area contributed by atoms with Crippen molar-refractivity contribution in [3.63, 3.8) is 0 Å². The van der Waals surface area contributed by atoms with Crippen LogP contribution in [0.4, 0.5) is 11.4 Å². The van der Waals surface area contributed by atoms with E-state index < -0.39 is 0 Å². The number of carbonyl (C=O) groups excluding carboxylic acids is 1. The zero-order valence-electron chi connectivity index (χ0n) is 12.2. The predicted molar refractivity (Wildman–Crippen MR) is 84.4 cm³/mol. The lowest BCUT2D eigenvalue weighted by atomic mass is 9.95. The van der Waals surface area contributed by atoms with Crippen molar-refractivity contribution in [1.82, 2.24) is 4.98 Å². The minimum atomic E-state index is -0.129. The summed E-state index contributed by atoms with van der Waals surface area (Å²) in [5.74, 6) is -0.129. The number of nitrogens with zero attached hydrogens (tertiary/aromatic N) is 1. The van der Waals surface area contributed by atoms with Gasteiger partial charge in [-0.1, -0.05) is 20.8 Å². The summed E-state index contributed by atoms with van der Waals surface area (Å²) < 4.78 is 0. The first-order valence-corrected chi connectivity index (χ1v) is 7.23. The van der Waals surface area contributed by atoms with Gasteiger partial charge < -0.3 is 11.1 Å². The second-order valence-electron chi connectivity index (χ2n) is 5.77. The molecule has 4 nitrogen and oxygen atoms in total. The molecule has 2 heterocycles. The Morgan fingerprint density at radius 1 is 1.35 bits per heavy atom. The minimum Gasteiger partial charge on any atom is -0.397 e. The molecular weight excluding hydrogens is 270 g/mol. The predicted octanol–water partition coefficient (Wildman–Crippen LogP) is 3.58. The lowest BCUT2D eigenvalue weighted by Crippen LogP contribution is -2.11. The summed E-state index contributed by atoms with van der Waals surface area (Å²) in [6.07, 6.45) is 1.61. The van der Waals surface area contributed by atoms with Gasteiger partial charge in [0.05, 0.1) is 28.1 Å². The Bertz CT molecular complexity index is 641. The maximum Gasteiger partial charge on any atom is 0.265 e. The van der Waals surface area contributed by atoms with E-state index in [9.17, 15) is 4.79 Å². The molecule has 0 atom stereocenters. The van der Waals surface area contributed by atoms with Crippen molar-refractivity contribution < 1.29 is 4.79 Å². The van der Waals surface area contributed by atoms with E-state index in [0.29, 0.717) is 16.3 Å². The summed E-state index contributed by atoms with van der Waals surface area (Å²) >= 11 is 1.51. The van der Waals surface area contributed by atoms with Crippen molar-refractivity contribution >= 4 is 28.6 Å². The summed E-state index contributed by atoms with van der Waals surface area (Å²) in [6, 6.07) is 5.57. The maximum absolute atomic E-state index is 12.2. The fraction of sp³-hybridized carbons (Fsp3) is 0.333. The quantitative estimate of drug-likeness (QED) is 0.888. The van der Waals surface area contributed by atoms with E-state index in [0.717, 1.165) is 5.69 Å². The minimum absolute atomic E-state index is 0.0546. The first-order valence-electron chi connectivity index (χ1n) is 6.41. The maximum atomic E-state index is 12.2. The van der Waals surface area contributed by atoms with Crippen LogP contribution in [0.2, 0.25) is 0 Å². The molecule has 2 aromatic rings. The average Bonchev–Trinajstić information content (AvgIpc) is 2.83. The molecular formula is C15H19N3OS. The smallest absolute Gasteiger partial charge is 0.265 e. The number of nitrogens with two attached hydrogens (primary N) is 1. The van der Waals surface area contributed by atoms with Crippen molar-refractivity contribution in [3.05, 3.63) is 39.8 Å². The van der Waals surface area contributed by atoms with Crippen LogP contribution in [0.5, 0.6) is 0 Å². The number of hydrogen-bond acceptors (Lipinski definition) is 4. The molecule has 0 aliphatic carbocycles. The van der Waals surface area contributed by atoms with Gasteiger partial charge in [0.15, 0.2) is 0 Å². The number of nitrogen functional groups attached to an aromatic ring is 1. The molecule has 0 saturated carbocycles. The summed E-state index contributed by atoms with van der Waals surface area (Å²) in [5, 5.41) is 2.82. The van der Waals surface area contributed by atoms with Gasteiger partial charge in [0.25, 0.3) is 5.91 Å². The number of rotatable bonds is 2. The van der Waals surface area contributed by atoms with Crippen LogP contribution in [0.3, 0.4) is 0 Å². The Morgan fingerprint density at radius 2 is 2.05 bits per heavy atom. The standard InChI is InChI=1S/C15H19N3OS/c1-9-11(16)7-10(8-17-9)18-14(19)12-5-6-13(20-12)15(2,3)4/h5-8H,16H2,1-4H3,(H,18,19). The van der Waals surface area contributed by atoms with Crippen LogP contribution in [0.1, 0.15) is 41.0 Å². The van der Waals surface area contributed by atoms with Crippen molar-refractivity contribution in [2.24, 2.45) is 0 Å². The molecule has 3 N–H and O–H groups in total. The lowest BCUT2D eigenvalue weighted by Gasteiger charge is -2.15. The average molecular weight is 289 g/mol. The van der Waals surface area contributed by atoms with Crippen molar-refractivity contribution in [1.29, 1.82) is 0 Å². The Balaban J connectivity index is 2.16. The topological polar surface area (TPSA) is 68.0 Å². The number of pyridine rings is 1. The molecule has 5 heteroatoms. The van der Waals surface area contributed by atoms with Crippen LogP contribution in [0.15, 0.2) is 24.4 Å². The van der Waals surface area contributed by atoms with Gasteiger partial charge in [0.2, 0.25) is 0 Å². The highest BCUT2D eigenvalue weighted by atomic mass is 32.1. The fourth-order valence-electron chi connectivity index (χ4n) is 1.67. The Hall–Kier alpha value is -1.88. The van der Waals surface area contributed by atoms with E-state index in [2.05, 4.69) is 31.1 Å². The van der Waals surface area contributed by atoms with E-state index in [1.165, 1.54) is 16.2 Å². The molecule has 2 rings (SSSR count). The number of aromatic nitrogens is 1. The fourth-order valence-corrected chi connectivity index (χ4v) is 2.63. The third kappa shape index (κ3) is 3.17. The summed E-state index contributed by atoms with van der Waals surface area (Å²) in [5.41, 5.74) is 7.79. The number of amides is 1. The lowest BCUT2D eigenvalue weighted by molar-refractivity contribution is 0.103. The second-order valence-corrected chi connectivity index (χ2v) is 6.85. The molecule has 106 valence electrons. The van der Waals surface area contributed by atoms with E-state index in [1.54, 1.807) is 12.3 Å². The van der Waals surface area contributed by atoms with Crippen molar-refractivity contribution in [2.45, 2.75) is 33.1 Å². The van der Waals surface area contributed by atoms with Crippen molar-refractivity contribution in [2.75, 3.05) is 11.1 Å². The number of carbonyl (C=O) groups is 1. The van der Waals surface area contributed by atoms with Crippen LogP contribution in [-0.4, -0.2) is 10.9 Å². The van der Waals surface area contributed by atoms with Gasteiger partial charge in [0.1, 0.15) is 0 Å². The van der Waals surface area contributed by atoms with Crippen molar-refractivity contribution in [3.8, 4) is 0 Å². The SMILES string of the molecule is Cc1ncc(NC(=O)c2ccc(C(C)(C)C)s2)cc1N. The molecule has 0 aliphatic heterocycles. The second kappa shape index (κ2) is 5.25. The normalized spacial score (nSPS) is 11.4. The van der Waals surface area contributed by atoms with Crippen LogP contribution < -0.4 is 11.1 Å². The molecule has 0 saturated heterocycles. The third-order valence-corrected chi connectivity index (χ3v) is 4.46. The van der Waals surface area contributed by atoms with E-state index in [1.807, 2.05) is 19.1 Å². The number of aryl methyl sites for hydroxylation is 1. The highest BCUT2D eigenvalue weighted by Crippen LogP contribution is 2.29. The van der Waals surface area contributed by atoms with Gasteiger partial charge in [-0.3, -0.25) is 9.78 Å². The first kappa shape index (κ1) is 14.5. The van der Waals surface area contributed by atoms with Crippen LogP contribution in [-0.2, 0) is 5.41 Å². The molecule has 20 heavy (non-hydrogen) atoms. The summed E-state index contributed by atoms with van der Waals surface area (Å²) in [7, 11) is 0. The van der Waals surface area contributed by atoms with E-state index in [-0.39, 0.29) is 11.3 Å².